The molecule has 16 heteroatoms. The minimum absolute atomic E-state index is 0.0426. The van der Waals surface area contributed by atoms with Crippen LogP contribution in [-0.4, -0.2) is 75.9 Å². The van der Waals surface area contributed by atoms with Gasteiger partial charge in [0.25, 0.3) is 5.56 Å². The van der Waals surface area contributed by atoms with Crippen LogP contribution < -0.4 is 21.4 Å². The molecule has 2 rings (SSSR count). The first-order valence-corrected chi connectivity index (χ1v) is 13.4. The Bertz CT molecular complexity index is 1170. The standard InChI is InChI=1S/C22H34FN4O10P/c1-7-22(17(23)16(29)18(37-22)27-10-9-15(28)24-21(27)32)11-35-38(33,25-13(5)19(30)34-8-2)26-14(6)20(31)36-12(3)4/h7,9-10,12-14,16-18,29H,1,8,11H2,2-6H3,(H,24,28,32)(H2,25,26,33)/t13-,14-,16+,17-,18+,22+,38?/m0/s1. The van der Waals surface area contributed by atoms with E-state index in [4.69, 9.17) is 18.7 Å². The number of H-pyrrole nitrogens is 1. The average molecular weight is 565 g/mol. The summed E-state index contributed by atoms with van der Waals surface area (Å²) in [5.41, 5.74) is -3.81. The molecular weight excluding hydrogens is 530 g/mol. The quantitative estimate of drug-likeness (QED) is 0.146. The van der Waals surface area contributed by atoms with Crippen molar-refractivity contribution in [2.75, 3.05) is 13.2 Å². The molecule has 1 fully saturated rings. The lowest BCUT2D eigenvalue weighted by atomic mass is 9.98. The molecule has 1 aromatic rings. The third-order valence-electron chi connectivity index (χ3n) is 5.41. The second-order valence-corrected chi connectivity index (χ2v) is 10.7. The van der Waals surface area contributed by atoms with Crippen molar-refractivity contribution in [3.8, 4) is 0 Å². The summed E-state index contributed by atoms with van der Waals surface area (Å²) in [5.74, 6) is -1.55. The third kappa shape index (κ3) is 7.46. The number of hydrogen-bond acceptors (Lipinski definition) is 10. The summed E-state index contributed by atoms with van der Waals surface area (Å²) in [6.45, 7) is 10.2. The molecule has 0 aromatic carbocycles. The van der Waals surface area contributed by atoms with Crippen molar-refractivity contribution < 1.29 is 42.4 Å². The summed E-state index contributed by atoms with van der Waals surface area (Å²) in [4.78, 5) is 50.0. The van der Waals surface area contributed by atoms with E-state index in [1.54, 1.807) is 20.8 Å². The molecule has 14 nitrogen and oxygen atoms in total. The first kappa shape index (κ1) is 31.5. The highest BCUT2D eigenvalue weighted by atomic mass is 31.2. The largest absolute Gasteiger partial charge is 0.465 e. The maximum absolute atomic E-state index is 15.4. The number of nitrogens with one attached hydrogen (secondary N) is 3. The number of carbonyl (C=O) groups is 2. The van der Waals surface area contributed by atoms with Crippen LogP contribution >= 0.6 is 7.67 Å². The van der Waals surface area contributed by atoms with E-state index in [9.17, 15) is 28.8 Å². The highest BCUT2D eigenvalue weighted by Crippen LogP contribution is 2.45. The van der Waals surface area contributed by atoms with Crippen LogP contribution in [0.1, 0.15) is 40.8 Å². The van der Waals surface area contributed by atoms with Gasteiger partial charge in [-0.15, -0.1) is 6.58 Å². The molecule has 38 heavy (non-hydrogen) atoms. The Morgan fingerprint density at radius 2 is 1.89 bits per heavy atom. The van der Waals surface area contributed by atoms with Crippen LogP contribution in [-0.2, 0) is 32.9 Å². The van der Waals surface area contributed by atoms with Gasteiger partial charge in [0, 0.05) is 12.3 Å². The predicted molar refractivity (Wildman–Crippen MR) is 132 cm³/mol. The van der Waals surface area contributed by atoms with E-state index in [1.165, 1.54) is 13.8 Å². The number of alkyl halides is 1. The van der Waals surface area contributed by atoms with Crippen LogP contribution in [0.25, 0.3) is 0 Å². The third-order valence-corrected chi connectivity index (χ3v) is 7.36. The molecule has 0 aliphatic carbocycles. The summed E-state index contributed by atoms with van der Waals surface area (Å²) in [5, 5.41) is 15.4. The van der Waals surface area contributed by atoms with Gasteiger partial charge in [0.1, 0.15) is 23.8 Å². The molecule has 1 aromatic heterocycles. The van der Waals surface area contributed by atoms with Gasteiger partial charge in [0.2, 0.25) is 0 Å². The van der Waals surface area contributed by atoms with Crippen molar-refractivity contribution in [3.63, 3.8) is 0 Å². The number of rotatable bonds is 13. The molecule has 0 radical (unpaired) electrons. The fourth-order valence-corrected chi connectivity index (χ4v) is 5.33. The molecule has 2 heterocycles. The van der Waals surface area contributed by atoms with Gasteiger partial charge in [-0.2, -0.15) is 0 Å². The summed E-state index contributed by atoms with van der Waals surface area (Å²) in [6, 6.07) is -1.41. The maximum atomic E-state index is 15.4. The van der Waals surface area contributed by atoms with Crippen molar-refractivity contribution in [2.24, 2.45) is 0 Å². The number of aliphatic hydroxyl groups is 1. The Labute approximate surface area is 218 Å². The molecule has 0 spiro atoms. The van der Waals surface area contributed by atoms with E-state index in [2.05, 4.69) is 16.8 Å². The smallest absolute Gasteiger partial charge is 0.342 e. The fourth-order valence-electron chi connectivity index (χ4n) is 3.50. The number of carbonyl (C=O) groups excluding carboxylic acids is 2. The Hall–Kier alpha value is -2.68. The number of nitrogens with zero attached hydrogens (tertiary/aromatic N) is 1. The second-order valence-electron chi connectivity index (χ2n) is 8.84. The zero-order valence-electron chi connectivity index (χ0n) is 21.7. The molecule has 1 saturated heterocycles. The SMILES string of the molecule is C=C[C@]1(COP(=O)(N[C@@H](C)C(=O)OCC)N[C@@H](C)C(=O)OC(C)C)O[C@@H](n2ccc(=O)[nH]c2=O)[C@H](O)[C@@H]1F. The van der Waals surface area contributed by atoms with Gasteiger partial charge in [-0.25, -0.2) is 19.4 Å². The van der Waals surface area contributed by atoms with Gasteiger partial charge in [-0.3, -0.25) is 28.5 Å². The molecule has 7 atom stereocenters. The topological polar surface area (TPSA) is 187 Å². The second kappa shape index (κ2) is 12.9. The first-order valence-electron chi connectivity index (χ1n) is 11.8. The predicted octanol–water partition coefficient (Wildman–Crippen LogP) is 0.285. The Kier molecular flexibility index (Phi) is 10.7. The number of aromatic amines is 1. The lowest BCUT2D eigenvalue weighted by Crippen LogP contribution is -2.46. The van der Waals surface area contributed by atoms with Gasteiger partial charge in [-0.1, -0.05) is 6.08 Å². The number of hydrogen-bond donors (Lipinski definition) is 4. The summed E-state index contributed by atoms with van der Waals surface area (Å²) >= 11 is 0. The van der Waals surface area contributed by atoms with E-state index in [0.717, 1.165) is 22.9 Å². The Morgan fingerprint density at radius 3 is 2.42 bits per heavy atom. The van der Waals surface area contributed by atoms with Crippen molar-refractivity contribution in [1.29, 1.82) is 0 Å². The minimum Gasteiger partial charge on any atom is -0.465 e. The summed E-state index contributed by atoms with van der Waals surface area (Å²) in [7, 11) is -4.36. The number of aromatic nitrogens is 2. The van der Waals surface area contributed by atoms with E-state index >= 15 is 4.39 Å². The zero-order valence-corrected chi connectivity index (χ0v) is 22.6. The fraction of sp³-hybridized carbons (Fsp3) is 0.636. The molecule has 1 aliphatic rings. The molecule has 214 valence electrons. The van der Waals surface area contributed by atoms with Gasteiger partial charge < -0.3 is 23.8 Å². The van der Waals surface area contributed by atoms with E-state index < -0.39 is 79.8 Å². The van der Waals surface area contributed by atoms with Gasteiger partial charge in [0.15, 0.2) is 12.4 Å². The number of halogens is 1. The Balaban J connectivity index is 2.33. The van der Waals surface area contributed by atoms with Crippen LogP contribution in [0, 0.1) is 0 Å². The molecule has 4 N–H and O–H groups in total. The van der Waals surface area contributed by atoms with Crippen LogP contribution in [0.3, 0.4) is 0 Å². The zero-order chi connectivity index (χ0) is 28.8. The lowest BCUT2D eigenvalue weighted by molar-refractivity contribution is -0.149. The number of aliphatic hydroxyl groups excluding tert-OH is 1. The van der Waals surface area contributed by atoms with Crippen LogP contribution in [0.15, 0.2) is 34.5 Å². The van der Waals surface area contributed by atoms with Crippen molar-refractivity contribution >= 4 is 19.6 Å². The molecular formula is C22H34FN4O10P. The Morgan fingerprint density at radius 1 is 1.29 bits per heavy atom. The van der Waals surface area contributed by atoms with Gasteiger partial charge >= 0.3 is 25.3 Å². The van der Waals surface area contributed by atoms with Crippen molar-refractivity contribution in [3.05, 3.63) is 45.8 Å². The minimum atomic E-state index is -4.36. The lowest BCUT2D eigenvalue weighted by Gasteiger charge is -2.31. The van der Waals surface area contributed by atoms with Crippen molar-refractivity contribution in [1.82, 2.24) is 19.7 Å². The van der Waals surface area contributed by atoms with E-state index in [1.807, 2.05) is 4.98 Å². The molecule has 0 saturated carbocycles. The van der Waals surface area contributed by atoms with Crippen LogP contribution in [0.2, 0.25) is 0 Å². The van der Waals surface area contributed by atoms with E-state index in [-0.39, 0.29) is 6.61 Å². The molecule has 1 unspecified atom stereocenters. The van der Waals surface area contributed by atoms with Crippen LogP contribution in [0.5, 0.6) is 0 Å². The molecule has 0 bridgehead atoms. The maximum Gasteiger partial charge on any atom is 0.342 e. The first-order chi connectivity index (χ1) is 17.7. The highest BCUT2D eigenvalue weighted by molar-refractivity contribution is 7.54. The average Bonchev–Trinajstić information content (AvgIpc) is 3.08. The van der Waals surface area contributed by atoms with E-state index in [0.29, 0.717) is 0 Å². The van der Waals surface area contributed by atoms with Gasteiger partial charge in [0.05, 0.1) is 19.3 Å². The normalized spacial score (nSPS) is 26.4. The monoisotopic (exact) mass is 564 g/mol. The summed E-state index contributed by atoms with van der Waals surface area (Å²) < 4.78 is 51.0. The highest BCUT2D eigenvalue weighted by Gasteiger charge is 2.56. The number of ether oxygens (including phenoxy) is 3. The molecule has 1 aliphatic heterocycles. The van der Waals surface area contributed by atoms with Crippen LogP contribution in [0.4, 0.5) is 4.39 Å². The number of esters is 2. The molecule has 0 amide bonds. The van der Waals surface area contributed by atoms with Gasteiger partial charge in [-0.05, 0) is 34.6 Å². The summed E-state index contributed by atoms with van der Waals surface area (Å²) in [6.07, 6.45) is -4.25. The van der Waals surface area contributed by atoms with Crippen molar-refractivity contribution in [2.45, 2.75) is 76.9 Å².